The molecule has 0 saturated carbocycles. The van der Waals surface area contributed by atoms with E-state index >= 15 is 0 Å². The Morgan fingerprint density at radius 1 is 1.25 bits per heavy atom. The molecule has 3 rings (SSSR count). The van der Waals surface area contributed by atoms with Gasteiger partial charge in [-0.2, -0.15) is 5.10 Å². The molecule has 1 amide bonds. The van der Waals surface area contributed by atoms with Crippen molar-refractivity contribution in [3.05, 3.63) is 11.9 Å². The van der Waals surface area contributed by atoms with E-state index in [0.29, 0.717) is 6.54 Å². The first-order valence-electron chi connectivity index (χ1n) is 10.2. The molecule has 7 nitrogen and oxygen atoms in total. The molecule has 0 spiro atoms. The van der Waals surface area contributed by atoms with Crippen LogP contribution >= 0.6 is 0 Å². The van der Waals surface area contributed by atoms with E-state index in [1.165, 1.54) is 0 Å². The van der Waals surface area contributed by atoms with Crippen LogP contribution in [0.5, 0.6) is 0 Å². The zero-order chi connectivity index (χ0) is 20.9. The van der Waals surface area contributed by atoms with Crippen molar-refractivity contribution in [1.29, 1.82) is 0 Å². The van der Waals surface area contributed by atoms with Crippen LogP contribution in [0.25, 0.3) is 0 Å². The molecule has 2 saturated heterocycles. The molecular formula is C20H34BN3O4. The summed E-state index contributed by atoms with van der Waals surface area (Å²) in [6, 6.07) is 0.123. The van der Waals surface area contributed by atoms with Gasteiger partial charge in [-0.25, -0.2) is 4.79 Å². The number of likely N-dealkylation sites (tertiary alicyclic amines) is 1. The van der Waals surface area contributed by atoms with Crippen molar-refractivity contribution >= 4 is 18.7 Å². The van der Waals surface area contributed by atoms with Gasteiger partial charge in [-0.05, 0) is 68.2 Å². The SMILES string of the molecule is Cc1c(B2OC(C)(C)C(C)(C)O2)cnn1[C@H]1CCCN(C(=O)OC(C)(C)C)C1. The van der Waals surface area contributed by atoms with Crippen molar-refractivity contribution in [1.82, 2.24) is 14.7 Å². The Morgan fingerprint density at radius 3 is 2.43 bits per heavy atom. The van der Waals surface area contributed by atoms with E-state index in [4.69, 9.17) is 14.0 Å². The average Bonchev–Trinajstić information content (AvgIpc) is 3.03. The van der Waals surface area contributed by atoms with Crippen LogP contribution in [0.15, 0.2) is 6.20 Å². The number of hydrogen-bond acceptors (Lipinski definition) is 5. The summed E-state index contributed by atoms with van der Waals surface area (Å²) in [6.07, 6.45) is 3.48. The Labute approximate surface area is 168 Å². The van der Waals surface area contributed by atoms with Crippen molar-refractivity contribution in [2.75, 3.05) is 13.1 Å². The third kappa shape index (κ3) is 4.08. The van der Waals surface area contributed by atoms with E-state index < -0.39 is 12.7 Å². The summed E-state index contributed by atoms with van der Waals surface area (Å²) in [4.78, 5) is 14.3. The predicted octanol–water partition coefficient (Wildman–Crippen LogP) is 3.06. The average molecular weight is 391 g/mol. The van der Waals surface area contributed by atoms with E-state index in [2.05, 4.69) is 5.10 Å². The smallest absolute Gasteiger partial charge is 0.444 e. The van der Waals surface area contributed by atoms with Gasteiger partial charge < -0.3 is 18.9 Å². The molecule has 0 radical (unpaired) electrons. The van der Waals surface area contributed by atoms with Gasteiger partial charge >= 0.3 is 13.2 Å². The highest BCUT2D eigenvalue weighted by Crippen LogP contribution is 2.36. The van der Waals surface area contributed by atoms with Crippen LogP contribution in [-0.2, 0) is 14.0 Å². The highest BCUT2D eigenvalue weighted by Gasteiger charge is 2.52. The third-order valence-electron chi connectivity index (χ3n) is 5.98. The van der Waals surface area contributed by atoms with Gasteiger partial charge in [-0.3, -0.25) is 4.68 Å². The number of ether oxygens (including phenoxy) is 1. The van der Waals surface area contributed by atoms with Crippen LogP contribution in [0.3, 0.4) is 0 Å². The van der Waals surface area contributed by atoms with Gasteiger partial charge in [0.1, 0.15) is 5.60 Å². The number of rotatable bonds is 2. The highest BCUT2D eigenvalue weighted by molar-refractivity contribution is 6.62. The summed E-state index contributed by atoms with van der Waals surface area (Å²) in [5.74, 6) is 0. The number of amides is 1. The fourth-order valence-electron chi connectivity index (χ4n) is 3.65. The first-order chi connectivity index (χ1) is 12.8. The van der Waals surface area contributed by atoms with E-state index in [1.54, 1.807) is 4.90 Å². The third-order valence-corrected chi connectivity index (χ3v) is 5.98. The van der Waals surface area contributed by atoms with E-state index in [1.807, 2.05) is 66.3 Å². The van der Waals surface area contributed by atoms with Gasteiger partial charge in [0.25, 0.3) is 0 Å². The van der Waals surface area contributed by atoms with Crippen LogP contribution in [0.2, 0.25) is 0 Å². The maximum Gasteiger partial charge on any atom is 0.498 e. The quantitative estimate of drug-likeness (QED) is 0.725. The minimum Gasteiger partial charge on any atom is -0.444 e. The maximum absolute atomic E-state index is 12.5. The molecule has 1 aromatic rings. The molecule has 0 bridgehead atoms. The van der Waals surface area contributed by atoms with Gasteiger partial charge in [0.15, 0.2) is 0 Å². The number of aromatic nitrogens is 2. The number of hydrogen-bond donors (Lipinski definition) is 0. The zero-order valence-corrected chi connectivity index (χ0v) is 18.5. The van der Waals surface area contributed by atoms with Crippen LogP contribution in [0.4, 0.5) is 4.79 Å². The van der Waals surface area contributed by atoms with Gasteiger partial charge in [0.2, 0.25) is 0 Å². The molecule has 1 aromatic heterocycles. The van der Waals surface area contributed by atoms with Gasteiger partial charge in [0, 0.05) is 30.4 Å². The summed E-state index contributed by atoms with van der Waals surface area (Å²) < 4.78 is 19.9. The van der Waals surface area contributed by atoms with Crippen molar-refractivity contribution in [3.63, 3.8) is 0 Å². The van der Waals surface area contributed by atoms with Crippen LogP contribution in [0, 0.1) is 6.92 Å². The molecule has 8 heteroatoms. The summed E-state index contributed by atoms with van der Waals surface area (Å²) in [6.45, 7) is 17.2. The van der Waals surface area contributed by atoms with Crippen molar-refractivity contribution in [3.8, 4) is 0 Å². The Hall–Kier alpha value is -1.54. The second-order valence-electron chi connectivity index (χ2n) is 9.94. The number of piperidine rings is 1. The fourth-order valence-corrected chi connectivity index (χ4v) is 3.65. The Bertz CT molecular complexity index is 722. The largest absolute Gasteiger partial charge is 0.498 e. The standard InChI is InChI=1S/C20H34BN3O4/c1-14-16(21-27-19(5,6)20(7,8)28-21)12-22-24(14)15-10-9-11-23(13-15)17(25)26-18(2,3)4/h12,15H,9-11,13H2,1-8H3/t15-/m0/s1. The monoisotopic (exact) mass is 391 g/mol. The molecule has 2 aliphatic rings. The molecule has 0 unspecified atom stereocenters. The number of nitrogens with zero attached hydrogens (tertiary/aromatic N) is 3. The van der Waals surface area contributed by atoms with Crippen LogP contribution in [-0.4, -0.2) is 57.8 Å². The summed E-state index contributed by atoms with van der Waals surface area (Å²) in [5.41, 5.74) is 0.715. The Kier molecular flexibility index (Phi) is 5.34. The molecule has 156 valence electrons. The van der Waals surface area contributed by atoms with Gasteiger partial charge in [-0.15, -0.1) is 0 Å². The molecule has 3 heterocycles. The summed E-state index contributed by atoms with van der Waals surface area (Å²) in [5, 5.41) is 4.63. The second-order valence-corrected chi connectivity index (χ2v) is 9.94. The lowest BCUT2D eigenvalue weighted by Gasteiger charge is -2.34. The van der Waals surface area contributed by atoms with Crippen molar-refractivity contribution in [2.24, 2.45) is 0 Å². The minimum atomic E-state index is -0.491. The number of carbonyl (C=O) groups excluding carboxylic acids is 1. The summed E-state index contributed by atoms with van der Waals surface area (Å²) >= 11 is 0. The van der Waals surface area contributed by atoms with Gasteiger partial charge in [-0.1, -0.05) is 0 Å². The molecule has 2 fully saturated rings. The normalized spacial score (nSPS) is 24.5. The molecule has 2 aliphatic heterocycles. The highest BCUT2D eigenvalue weighted by atomic mass is 16.7. The molecule has 28 heavy (non-hydrogen) atoms. The molecule has 1 atom stereocenters. The first kappa shape index (κ1) is 21.2. The zero-order valence-electron chi connectivity index (χ0n) is 18.5. The van der Waals surface area contributed by atoms with Crippen molar-refractivity contribution in [2.45, 2.75) is 91.1 Å². The second kappa shape index (κ2) is 7.06. The van der Waals surface area contributed by atoms with Crippen LogP contribution < -0.4 is 5.46 Å². The molecule has 0 aliphatic carbocycles. The number of carbonyl (C=O) groups is 1. The molecule has 0 N–H and O–H groups in total. The topological polar surface area (TPSA) is 65.8 Å². The van der Waals surface area contributed by atoms with Crippen molar-refractivity contribution < 1.29 is 18.8 Å². The lowest BCUT2D eigenvalue weighted by molar-refractivity contribution is 0.00578. The maximum atomic E-state index is 12.5. The Balaban J connectivity index is 1.74. The Morgan fingerprint density at radius 2 is 1.86 bits per heavy atom. The van der Waals surface area contributed by atoms with Gasteiger partial charge in [0.05, 0.1) is 17.2 Å². The first-order valence-corrected chi connectivity index (χ1v) is 10.2. The fraction of sp³-hybridized carbons (Fsp3) is 0.800. The lowest BCUT2D eigenvalue weighted by Crippen LogP contribution is -2.44. The van der Waals surface area contributed by atoms with E-state index in [9.17, 15) is 4.79 Å². The predicted molar refractivity (Wildman–Crippen MR) is 109 cm³/mol. The lowest BCUT2D eigenvalue weighted by atomic mass is 9.79. The minimum absolute atomic E-state index is 0.123. The van der Waals surface area contributed by atoms with Crippen LogP contribution in [0.1, 0.15) is 73.0 Å². The summed E-state index contributed by atoms with van der Waals surface area (Å²) in [7, 11) is -0.427. The van der Waals surface area contributed by atoms with E-state index in [-0.39, 0.29) is 23.3 Å². The molecular weight excluding hydrogens is 357 g/mol. The molecule has 0 aromatic carbocycles. The van der Waals surface area contributed by atoms with E-state index in [0.717, 1.165) is 30.5 Å².